The van der Waals surface area contributed by atoms with Gasteiger partial charge in [-0.25, -0.2) is 4.98 Å². The maximum absolute atomic E-state index is 11.7. The first-order chi connectivity index (χ1) is 11.2. The van der Waals surface area contributed by atoms with Gasteiger partial charge in [0.15, 0.2) is 0 Å². The summed E-state index contributed by atoms with van der Waals surface area (Å²) in [7, 11) is 1.43. The minimum Gasteiger partial charge on any atom is -0.469 e. The summed E-state index contributed by atoms with van der Waals surface area (Å²) in [4.78, 5) is 16.3. The van der Waals surface area contributed by atoms with Crippen LogP contribution in [0.4, 0.5) is 0 Å². The molecule has 7 nitrogen and oxygen atoms in total. The van der Waals surface area contributed by atoms with Gasteiger partial charge in [0.1, 0.15) is 17.3 Å². The van der Waals surface area contributed by atoms with Crippen LogP contribution in [0.3, 0.4) is 0 Å². The molecule has 3 aromatic heterocycles. The number of fused-ring (bicyclic) bond motifs is 2. The van der Waals surface area contributed by atoms with Crippen LogP contribution in [0.25, 0.3) is 5.65 Å². The second-order valence-corrected chi connectivity index (χ2v) is 5.77. The predicted octanol–water partition coefficient (Wildman–Crippen LogP) is 1.25. The van der Waals surface area contributed by atoms with Crippen LogP contribution >= 0.6 is 0 Å². The van der Waals surface area contributed by atoms with Crippen LogP contribution in [-0.2, 0) is 28.9 Å². The molecule has 23 heavy (non-hydrogen) atoms. The third-order valence-electron chi connectivity index (χ3n) is 4.32. The molecule has 0 aliphatic carbocycles. The topological polar surface area (TPSA) is 74.3 Å². The van der Waals surface area contributed by atoms with Gasteiger partial charge in [-0.2, -0.15) is 0 Å². The van der Waals surface area contributed by atoms with Gasteiger partial charge in [0.05, 0.1) is 25.1 Å². The molecular formula is C16H17N5O2. The average molecular weight is 311 g/mol. The number of hydrogen-bond donors (Lipinski definition) is 0. The van der Waals surface area contributed by atoms with Crippen molar-refractivity contribution in [3.63, 3.8) is 0 Å². The number of esters is 1. The SMILES string of the molecule is COC(=O)C1CCn2c(Cc3cn4ccccc4n3)nnc2C1. The Morgan fingerprint density at radius 3 is 3.13 bits per heavy atom. The van der Waals surface area contributed by atoms with E-state index in [0.717, 1.165) is 36.0 Å². The smallest absolute Gasteiger partial charge is 0.309 e. The molecule has 3 aromatic rings. The molecule has 1 aliphatic heterocycles. The summed E-state index contributed by atoms with van der Waals surface area (Å²) >= 11 is 0. The Kier molecular flexibility index (Phi) is 3.33. The van der Waals surface area contributed by atoms with E-state index in [4.69, 9.17) is 4.74 Å². The number of rotatable bonds is 3. The number of nitrogens with zero attached hydrogens (tertiary/aromatic N) is 5. The van der Waals surface area contributed by atoms with E-state index in [-0.39, 0.29) is 11.9 Å². The number of methoxy groups -OCH3 is 1. The summed E-state index contributed by atoms with van der Waals surface area (Å²) in [5.41, 5.74) is 1.88. The standard InChI is InChI=1S/C16H17N5O2/c1-23-16(22)11-5-7-21-14(8-11)18-19-15(21)9-12-10-20-6-3-2-4-13(20)17-12/h2-4,6,10-11H,5,7-9H2,1H3. The summed E-state index contributed by atoms with van der Waals surface area (Å²) in [6.07, 6.45) is 5.97. The van der Waals surface area contributed by atoms with Gasteiger partial charge >= 0.3 is 5.97 Å². The molecule has 1 unspecified atom stereocenters. The number of hydrogen-bond acceptors (Lipinski definition) is 5. The highest BCUT2D eigenvalue weighted by atomic mass is 16.5. The van der Waals surface area contributed by atoms with Crippen molar-refractivity contribution in [3.8, 4) is 0 Å². The van der Waals surface area contributed by atoms with Crippen LogP contribution < -0.4 is 0 Å². The first-order valence-electron chi connectivity index (χ1n) is 7.66. The highest BCUT2D eigenvalue weighted by molar-refractivity contribution is 5.72. The van der Waals surface area contributed by atoms with E-state index < -0.39 is 0 Å². The maximum atomic E-state index is 11.7. The molecule has 0 aromatic carbocycles. The van der Waals surface area contributed by atoms with Gasteiger partial charge in [0.25, 0.3) is 0 Å². The molecule has 0 N–H and O–H groups in total. The molecule has 0 spiro atoms. The molecule has 4 rings (SSSR count). The third kappa shape index (κ3) is 2.48. The van der Waals surface area contributed by atoms with Gasteiger partial charge in [-0.1, -0.05) is 6.07 Å². The molecule has 0 fully saturated rings. The predicted molar refractivity (Wildman–Crippen MR) is 81.8 cm³/mol. The first-order valence-corrected chi connectivity index (χ1v) is 7.66. The fourth-order valence-electron chi connectivity index (χ4n) is 3.12. The van der Waals surface area contributed by atoms with Crippen molar-refractivity contribution in [1.29, 1.82) is 0 Å². The number of ether oxygens (including phenoxy) is 1. The molecule has 0 radical (unpaired) electrons. The van der Waals surface area contributed by atoms with Crippen LogP contribution in [0.5, 0.6) is 0 Å². The Labute approximate surface area is 132 Å². The number of imidazole rings is 1. The van der Waals surface area contributed by atoms with E-state index in [1.165, 1.54) is 7.11 Å². The highest BCUT2D eigenvalue weighted by Crippen LogP contribution is 2.22. The second-order valence-electron chi connectivity index (χ2n) is 5.77. The van der Waals surface area contributed by atoms with Crippen molar-refractivity contribution in [3.05, 3.63) is 47.9 Å². The quantitative estimate of drug-likeness (QED) is 0.681. The molecule has 0 saturated carbocycles. The molecule has 118 valence electrons. The second kappa shape index (κ2) is 5.49. The van der Waals surface area contributed by atoms with Crippen molar-refractivity contribution in [2.45, 2.75) is 25.8 Å². The van der Waals surface area contributed by atoms with E-state index in [0.29, 0.717) is 12.8 Å². The lowest BCUT2D eigenvalue weighted by Crippen LogP contribution is -2.27. The van der Waals surface area contributed by atoms with Crippen molar-refractivity contribution >= 4 is 11.6 Å². The molecule has 0 amide bonds. The maximum Gasteiger partial charge on any atom is 0.309 e. The van der Waals surface area contributed by atoms with Crippen molar-refractivity contribution in [2.24, 2.45) is 5.92 Å². The number of carbonyl (C=O) groups is 1. The monoisotopic (exact) mass is 311 g/mol. The largest absolute Gasteiger partial charge is 0.469 e. The fraction of sp³-hybridized carbons (Fsp3) is 0.375. The summed E-state index contributed by atoms with van der Waals surface area (Å²) in [5.74, 6) is 1.47. The molecule has 0 saturated heterocycles. The first kappa shape index (κ1) is 13.9. The minimum absolute atomic E-state index is 0.111. The normalized spacial score (nSPS) is 17.2. The Bertz CT molecular complexity index is 833. The number of aromatic nitrogens is 5. The summed E-state index contributed by atoms with van der Waals surface area (Å²) in [5, 5.41) is 8.54. The Morgan fingerprint density at radius 1 is 1.39 bits per heavy atom. The lowest BCUT2D eigenvalue weighted by atomic mass is 9.98. The molecule has 7 heteroatoms. The van der Waals surface area contributed by atoms with Gasteiger partial charge in [-0.05, 0) is 18.6 Å². The van der Waals surface area contributed by atoms with E-state index in [2.05, 4.69) is 19.7 Å². The third-order valence-corrected chi connectivity index (χ3v) is 4.32. The highest BCUT2D eigenvalue weighted by Gasteiger charge is 2.28. The van der Waals surface area contributed by atoms with Gasteiger partial charge in [-0.3, -0.25) is 4.79 Å². The zero-order valence-electron chi connectivity index (χ0n) is 12.8. The molecule has 1 atom stereocenters. The van der Waals surface area contributed by atoms with Crippen LogP contribution in [0.15, 0.2) is 30.6 Å². The molecule has 4 heterocycles. The summed E-state index contributed by atoms with van der Waals surface area (Å²) in [6, 6.07) is 5.92. The van der Waals surface area contributed by atoms with Crippen molar-refractivity contribution in [1.82, 2.24) is 24.1 Å². The van der Waals surface area contributed by atoms with E-state index in [1.807, 2.05) is 35.0 Å². The minimum atomic E-state index is -0.166. The zero-order valence-corrected chi connectivity index (χ0v) is 12.8. The van der Waals surface area contributed by atoms with Crippen LogP contribution in [0.1, 0.15) is 23.8 Å². The van der Waals surface area contributed by atoms with Gasteiger partial charge in [0, 0.05) is 25.4 Å². The van der Waals surface area contributed by atoms with Gasteiger partial charge in [0.2, 0.25) is 0 Å². The van der Waals surface area contributed by atoms with Crippen molar-refractivity contribution in [2.75, 3.05) is 7.11 Å². The van der Waals surface area contributed by atoms with E-state index >= 15 is 0 Å². The van der Waals surface area contributed by atoms with Crippen LogP contribution in [0, 0.1) is 5.92 Å². The Balaban J connectivity index is 1.57. The molecule has 1 aliphatic rings. The zero-order chi connectivity index (χ0) is 15.8. The van der Waals surface area contributed by atoms with E-state index in [9.17, 15) is 4.79 Å². The Morgan fingerprint density at radius 2 is 2.30 bits per heavy atom. The van der Waals surface area contributed by atoms with Crippen LogP contribution in [-0.4, -0.2) is 37.2 Å². The average Bonchev–Trinajstić information content (AvgIpc) is 3.17. The fourth-order valence-corrected chi connectivity index (χ4v) is 3.12. The lowest BCUT2D eigenvalue weighted by molar-refractivity contribution is -0.146. The summed E-state index contributed by atoms with van der Waals surface area (Å²) in [6.45, 7) is 0.741. The van der Waals surface area contributed by atoms with Crippen molar-refractivity contribution < 1.29 is 9.53 Å². The molecule has 0 bridgehead atoms. The van der Waals surface area contributed by atoms with Gasteiger partial charge < -0.3 is 13.7 Å². The van der Waals surface area contributed by atoms with Gasteiger partial charge in [-0.15, -0.1) is 10.2 Å². The molecular weight excluding hydrogens is 294 g/mol. The number of pyridine rings is 1. The van der Waals surface area contributed by atoms with E-state index in [1.54, 1.807) is 0 Å². The Hall–Kier alpha value is -2.70. The lowest BCUT2D eigenvalue weighted by Gasteiger charge is -2.21. The summed E-state index contributed by atoms with van der Waals surface area (Å²) < 4.78 is 8.93. The van der Waals surface area contributed by atoms with Crippen LogP contribution in [0.2, 0.25) is 0 Å². The number of carbonyl (C=O) groups excluding carboxylic acids is 1.